The summed E-state index contributed by atoms with van der Waals surface area (Å²) >= 11 is 6.01. The lowest BCUT2D eigenvalue weighted by Crippen LogP contribution is -2.08. The van der Waals surface area contributed by atoms with E-state index >= 15 is 0 Å². The van der Waals surface area contributed by atoms with E-state index in [4.69, 9.17) is 16.7 Å². The lowest BCUT2D eigenvalue weighted by Gasteiger charge is -2.13. The number of anilines is 3. The van der Waals surface area contributed by atoms with E-state index < -0.39 is 5.97 Å². The van der Waals surface area contributed by atoms with Gasteiger partial charge >= 0.3 is 5.97 Å². The van der Waals surface area contributed by atoms with Gasteiger partial charge in [-0.15, -0.1) is 0 Å². The molecule has 0 saturated carbocycles. The zero-order chi connectivity index (χ0) is 14.7. The molecule has 1 heterocycles. The average molecular weight is 292 g/mol. The van der Waals surface area contributed by atoms with E-state index in [2.05, 4.69) is 10.3 Å². The molecule has 104 valence electrons. The monoisotopic (exact) mass is 291 g/mol. The summed E-state index contributed by atoms with van der Waals surface area (Å²) in [5.41, 5.74) is 1.97. The van der Waals surface area contributed by atoms with Crippen LogP contribution in [0.4, 0.5) is 17.2 Å². The number of aromatic carboxylic acids is 1. The average Bonchev–Trinajstić information content (AvgIpc) is 2.41. The zero-order valence-electron chi connectivity index (χ0n) is 11.1. The van der Waals surface area contributed by atoms with Crippen LogP contribution in [0.5, 0.6) is 0 Å². The first-order chi connectivity index (χ1) is 9.47. The molecule has 2 N–H and O–H groups in total. The molecule has 0 saturated heterocycles. The third kappa shape index (κ3) is 3.19. The van der Waals surface area contributed by atoms with Crippen LogP contribution in [0.25, 0.3) is 0 Å². The highest BCUT2D eigenvalue weighted by Gasteiger charge is 2.08. The van der Waals surface area contributed by atoms with Crippen LogP contribution in [0.15, 0.2) is 36.5 Å². The number of aromatic nitrogens is 1. The molecule has 5 nitrogen and oxygen atoms in total. The first-order valence-corrected chi connectivity index (χ1v) is 6.28. The lowest BCUT2D eigenvalue weighted by atomic mass is 10.2. The highest BCUT2D eigenvalue weighted by atomic mass is 35.5. The highest BCUT2D eigenvalue weighted by Crippen LogP contribution is 2.25. The van der Waals surface area contributed by atoms with Gasteiger partial charge in [-0.1, -0.05) is 11.6 Å². The van der Waals surface area contributed by atoms with Gasteiger partial charge in [0.1, 0.15) is 5.82 Å². The minimum atomic E-state index is -1.05. The van der Waals surface area contributed by atoms with Gasteiger partial charge in [0, 0.05) is 31.7 Å². The molecule has 2 aromatic rings. The van der Waals surface area contributed by atoms with Crippen molar-refractivity contribution < 1.29 is 9.90 Å². The summed E-state index contributed by atoms with van der Waals surface area (Å²) in [4.78, 5) is 16.8. The molecule has 0 aliphatic rings. The van der Waals surface area contributed by atoms with E-state index in [1.807, 2.05) is 43.3 Å². The molecule has 1 aromatic carbocycles. The summed E-state index contributed by atoms with van der Waals surface area (Å²) < 4.78 is 0. The number of nitrogens with zero attached hydrogens (tertiary/aromatic N) is 2. The van der Waals surface area contributed by atoms with Crippen LogP contribution in [-0.4, -0.2) is 30.2 Å². The van der Waals surface area contributed by atoms with E-state index in [1.54, 1.807) is 0 Å². The van der Waals surface area contributed by atoms with Crippen molar-refractivity contribution in [2.45, 2.75) is 0 Å². The second-order valence-corrected chi connectivity index (χ2v) is 4.83. The van der Waals surface area contributed by atoms with E-state index in [-0.39, 0.29) is 10.6 Å². The fourth-order valence-corrected chi connectivity index (χ4v) is 1.84. The van der Waals surface area contributed by atoms with Crippen molar-refractivity contribution in [3.05, 3.63) is 47.1 Å². The van der Waals surface area contributed by atoms with E-state index in [9.17, 15) is 4.79 Å². The SMILES string of the molecule is CN(C)c1ccc(Nc2ncc(C(=O)O)cc2Cl)cc1. The Balaban J connectivity index is 2.19. The maximum absolute atomic E-state index is 10.8. The molecule has 1 aromatic heterocycles. The summed E-state index contributed by atoms with van der Waals surface area (Å²) in [6.07, 6.45) is 1.27. The predicted octanol–water partition coefficient (Wildman–Crippen LogP) is 3.24. The van der Waals surface area contributed by atoms with E-state index in [0.717, 1.165) is 11.4 Å². The number of carbonyl (C=O) groups is 1. The third-order valence-corrected chi connectivity index (χ3v) is 3.02. The van der Waals surface area contributed by atoms with E-state index in [1.165, 1.54) is 12.3 Å². The molecule has 0 bridgehead atoms. The molecule has 6 heteroatoms. The molecule has 0 unspecified atom stereocenters. The molecule has 0 aliphatic carbocycles. The van der Waals surface area contributed by atoms with Crippen LogP contribution in [0, 0.1) is 0 Å². The molecular formula is C14H14ClN3O2. The molecule has 0 fully saturated rings. The van der Waals surface area contributed by atoms with Crippen molar-refractivity contribution in [2.75, 3.05) is 24.3 Å². The summed E-state index contributed by atoms with van der Waals surface area (Å²) in [5, 5.41) is 12.2. The predicted molar refractivity (Wildman–Crippen MR) is 80.3 cm³/mol. The summed E-state index contributed by atoms with van der Waals surface area (Å²) in [6.45, 7) is 0. The Labute approximate surface area is 121 Å². The number of hydrogen-bond acceptors (Lipinski definition) is 4. The summed E-state index contributed by atoms with van der Waals surface area (Å²) in [7, 11) is 3.93. The van der Waals surface area contributed by atoms with Gasteiger partial charge in [0.25, 0.3) is 0 Å². The Morgan fingerprint density at radius 1 is 1.30 bits per heavy atom. The van der Waals surface area contributed by atoms with Crippen molar-refractivity contribution in [3.63, 3.8) is 0 Å². The smallest absolute Gasteiger partial charge is 0.337 e. The molecule has 0 radical (unpaired) electrons. The highest BCUT2D eigenvalue weighted by molar-refractivity contribution is 6.33. The normalized spacial score (nSPS) is 10.2. The van der Waals surface area contributed by atoms with Crippen molar-refractivity contribution in [1.29, 1.82) is 0 Å². The van der Waals surface area contributed by atoms with Gasteiger partial charge in [0.15, 0.2) is 0 Å². The number of benzene rings is 1. The van der Waals surface area contributed by atoms with Gasteiger partial charge < -0.3 is 15.3 Å². The maximum atomic E-state index is 10.8. The Hall–Kier alpha value is -2.27. The van der Waals surface area contributed by atoms with Crippen molar-refractivity contribution in [3.8, 4) is 0 Å². The quantitative estimate of drug-likeness (QED) is 0.905. The van der Waals surface area contributed by atoms with Crippen molar-refractivity contribution >= 4 is 34.8 Å². The van der Waals surface area contributed by atoms with Gasteiger partial charge in [-0.3, -0.25) is 0 Å². The summed E-state index contributed by atoms with van der Waals surface area (Å²) in [6, 6.07) is 9.09. The van der Waals surface area contributed by atoms with E-state index in [0.29, 0.717) is 5.82 Å². The van der Waals surface area contributed by atoms with Crippen LogP contribution in [0.2, 0.25) is 5.02 Å². The second kappa shape index (κ2) is 5.79. The number of carboxylic acids is 1. The van der Waals surface area contributed by atoms with Gasteiger partial charge in [0.05, 0.1) is 10.6 Å². The van der Waals surface area contributed by atoms with Crippen LogP contribution in [-0.2, 0) is 0 Å². The fraction of sp³-hybridized carbons (Fsp3) is 0.143. The van der Waals surface area contributed by atoms with Crippen molar-refractivity contribution in [2.24, 2.45) is 0 Å². The zero-order valence-corrected chi connectivity index (χ0v) is 11.8. The minimum absolute atomic E-state index is 0.0588. The Morgan fingerprint density at radius 2 is 1.95 bits per heavy atom. The number of nitrogens with one attached hydrogen (secondary N) is 1. The number of rotatable bonds is 4. The minimum Gasteiger partial charge on any atom is -0.478 e. The van der Waals surface area contributed by atoms with Gasteiger partial charge in [-0.25, -0.2) is 9.78 Å². The van der Waals surface area contributed by atoms with Crippen LogP contribution in [0.1, 0.15) is 10.4 Å². The Morgan fingerprint density at radius 3 is 2.45 bits per heavy atom. The molecule has 0 amide bonds. The molecule has 0 atom stereocenters. The fourth-order valence-electron chi connectivity index (χ4n) is 1.63. The first-order valence-electron chi connectivity index (χ1n) is 5.90. The number of carboxylic acid groups (broad SMARTS) is 1. The standard InChI is InChI=1S/C14H14ClN3O2/c1-18(2)11-5-3-10(4-6-11)17-13-12(15)7-9(8-16-13)14(19)20/h3-8H,1-2H3,(H,16,17)(H,19,20). The number of halogens is 1. The third-order valence-electron chi connectivity index (χ3n) is 2.73. The molecule has 0 aliphatic heterocycles. The van der Waals surface area contributed by atoms with Crippen LogP contribution < -0.4 is 10.2 Å². The van der Waals surface area contributed by atoms with Gasteiger partial charge in [-0.2, -0.15) is 0 Å². The van der Waals surface area contributed by atoms with Crippen LogP contribution >= 0.6 is 11.6 Å². The van der Waals surface area contributed by atoms with Gasteiger partial charge in [-0.05, 0) is 30.3 Å². The number of hydrogen-bond donors (Lipinski definition) is 2. The largest absolute Gasteiger partial charge is 0.478 e. The summed E-state index contributed by atoms with van der Waals surface area (Å²) in [5.74, 6) is -0.629. The molecule has 20 heavy (non-hydrogen) atoms. The second-order valence-electron chi connectivity index (χ2n) is 4.43. The first kappa shape index (κ1) is 14.1. The molecular weight excluding hydrogens is 278 g/mol. The Bertz CT molecular complexity index is 627. The van der Waals surface area contributed by atoms with Crippen molar-refractivity contribution in [1.82, 2.24) is 4.98 Å². The topological polar surface area (TPSA) is 65.5 Å². The molecule has 0 spiro atoms. The van der Waals surface area contributed by atoms with Gasteiger partial charge in [0.2, 0.25) is 0 Å². The molecule has 2 rings (SSSR count). The maximum Gasteiger partial charge on any atom is 0.337 e. The number of pyridine rings is 1. The van der Waals surface area contributed by atoms with Crippen LogP contribution in [0.3, 0.4) is 0 Å². The lowest BCUT2D eigenvalue weighted by molar-refractivity contribution is 0.0696. The Kier molecular flexibility index (Phi) is 4.10.